The largest absolute Gasteiger partial charge is 0.487 e. The molecule has 106 valence electrons. The van der Waals surface area contributed by atoms with Crippen molar-refractivity contribution in [1.82, 2.24) is 4.98 Å². The third-order valence-corrected chi connectivity index (χ3v) is 2.47. The number of pyridine rings is 1. The molecule has 3 nitrogen and oxygen atoms in total. The van der Waals surface area contributed by atoms with Crippen LogP contribution >= 0.6 is 0 Å². The molecule has 0 aliphatic carbocycles. The zero-order valence-electron chi connectivity index (χ0n) is 10.1. The van der Waals surface area contributed by atoms with Gasteiger partial charge in [-0.2, -0.15) is 13.2 Å². The van der Waals surface area contributed by atoms with Crippen LogP contribution in [0, 0.1) is 5.82 Å². The Hall–Kier alpha value is -2.31. The molecule has 0 bridgehead atoms. The Labute approximate surface area is 112 Å². The molecule has 0 atom stereocenters. The number of aromatic nitrogens is 1. The molecule has 2 N–H and O–H groups in total. The van der Waals surface area contributed by atoms with Crippen LogP contribution in [0.25, 0.3) is 0 Å². The third-order valence-electron chi connectivity index (χ3n) is 2.47. The van der Waals surface area contributed by atoms with Gasteiger partial charge < -0.3 is 10.5 Å². The maximum Gasteiger partial charge on any atom is 0.419 e. The molecule has 0 saturated heterocycles. The van der Waals surface area contributed by atoms with Gasteiger partial charge in [0.2, 0.25) is 0 Å². The number of rotatable bonds is 3. The minimum atomic E-state index is -4.77. The quantitative estimate of drug-likeness (QED) is 0.880. The fourth-order valence-corrected chi connectivity index (χ4v) is 1.54. The first-order valence-corrected chi connectivity index (χ1v) is 5.56. The van der Waals surface area contributed by atoms with E-state index in [1.54, 1.807) is 6.07 Å². The number of halogens is 4. The van der Waals surface area contributed by atoms with Crippen molar-refractivity contribution in [2.75, 3.05) is 5.73 Å². The number of hydrogen-bond acceptors (Lipinski definition) is 3. The van der Waals surface area contributed by atoms with Gasteiger partial charge in [0.05, 0.1) is 11.3 Å². The molecule has 0 aliphatic heterocycles. The van der Waals surface area contributed by atoms with Gasteiger partial charge in [-0.3, -0.25) is 4.98 Å². The van der Waals surface area contributed by atoms with Gasteiger partial charge in [0.15, 0.2) is 0 Å². The topological polar surface area (TPSA) is 48.1 Å². The predicted molar refractivity (Wildman–Crippen MR) is 64.4 cm³/mol. The molecule has 1 heterocycles. The van der Waals surface area contributed by atoms with E-state index < -0.39 is 17.6 Å². The van der Waals surface area contributed by atoms with Crippen molar-refractivity contribution < 1.29 is 22.3 Å². The average molecular weight is 286 g/mol. The Morgan fingerprint density at radius 1 is 1.15 bits per heavy atom. The fraction of sp³-hybridized carbons (Fsp3) is 0.154. The summed E-state index contributed by atoms with van der Waals surface area (Å²) in [6.07, 6.45) is -3.31. The highest BCUT2D eigenvalue weighted by molar-refractivity contribution is 5.37. The van der Waals surface area contributed by atoms with E-state index in [0.29, 0.717) is 23.5 Å². The third kappa shape index (κ3) is 3.37. The SMILES string of the molecule is Nc1ccnc(COc2ccc(F)c(C(F)(F)F)c2)c1. The number of alkyl halides is 3. The highest BCUT2D eigenvalue weighted by atomic mass is 19.4. The minimum absolute atomic E-state index is 0.0615. The summed E-state index contributed by atoms with van der Waals surface area (Å²) < 4.78 is 55.8. The first kappa shape index (κ1) is 14.1. The maximum absolute atomic E-state index is 13.1. The number of nitrogen functional groups attached to an aromatic ring is 1. The van der Waals surface area contributed by atoms with Crippen LogP contribution in [0.4, 0.5) is 23.2 Å². The Balaban J connectivity index is 2.14. The summed E-state index contributed by atoms with van der Waals surface area (Å²) in [6.45, 7) is -0.0615. The fourth-order valence-electron chi connectivity index (χ4n) is 1.54. The predicted octanol–water partition coefficient (Wildman–Crippen LogP) is 3.40. The van der Waals surface area contributed by atoms with E-state index in [1.165, 1.54) is 12.3 Å². The van der Waals surface area contributed by atoms with Gasteiger partial charge in [-0.25, -0.2) is 4.39 Å². The van der Waals surface area contributed by atoms with Crippen LogP contribution in [0.3, 0.4) is 0 Å². The zero-order valence-corrected chi connectivity index (χ0v) is 10.1. The van der Waals surface area contributed by atoms with Gasteiger partial charge in [0.25, 0.3) is 0 Å². The van der Waals surface area contributed by atoms with Crippen molar-refractivity contribution in [2.24, 2.45) is 0 Å². The van der Waals surface area contributed by atoms with E-state index in [9.17, 15) is 17.6 Å². The lowest BCUT2D eigenvalue weighted by atomic mass is 10.2. The summed E-state index contributed by atoms with van der Waals surface area (Å²) in [6, 6.07) is 5.56. The molecule has 0 aliphatic rings. The second kappa shape index (κ2) is 5.36. The Kier molecular flexibility index (Phi) is 3.78. The van der Waals surface area contributed by atoms with Gasteiger partial charge in [-0.1, -0.05) is 0 Å². The lowest BCUT2D eigenvalue weighted by molar-refractivity contribution is -0.140. The number of benzene rings is 1. The molecule has 0 radical (unpaired) electrons. The maximum atomic E-state index is 13.1. The Morgan fingerprint density at radius 2 is 1.90 bits per heavy atom. The highest BCUT2D eigenvalue weighted by Gasteiger charge is 2.34. The lowest BCUT2D eigenvalue weighted by Crippen LogP contribution is -2.08. The number of anilines is 1. The highest BCUT2D eigenvalue weighted by Crippen LogP contribution is 2.33. The number of nitrogens with zero attached hydrogens (tertiary/aromatic N) is 1. The molecule has 0 amide bonds. The summed E-state index contributed by atoms with van der Waals surface area (Å²) in [5.74, 6) is -1.44. The van der Waals surface area contributed by atoms with E-state index in [2.05, 4.69) is 4.98 Å². The van der Waals surface area contributed by atoms with Crippen LogP contribution in [0.2, 0.25) is 0 Å². The summed E-state index contributed by atoms with van der Waals surface area (Å²) in [5.41, 5.74) is 5.10. The number of hydrogen-bond donors (Lipinski definition) is 1. The van der Waals surface area contributed by atoms with Crippen molar-refractivity contribution in [3.8, 4) is 5.75 Å². The van der Waals surface area contributed by atoms with Crippen LogP contribution in [0.1, 0.15) is 11.3 Å². The van der Waals surface area contributed by atoms with E-state index in [-0.39, 0.29) is 12.4 Å². The summed E-state index contributed by atoms with van der Waals surface area (Å²) in [4.78, 5) is 3.94. The van der Waals surface area contributed by atoms with E-state index in [1.807, 2.05) is 0 Å². The van der Waals surface area contributed by atoms with Gasteiger partial charge in [-0.15, -0.1) is 0 Å². The normalized spacial score (nSPS) is 11.4. The van der Waals surface area contributed by atoms with Crippen molar-refractivity contribution in [3.05, 3.63) is 53.6 Å². The van der Waals surface area contributed by atoms with Gasteiger partial charge in [0.1, 0.15) is 18.2 Å². The summed E-state index contributed by atoms with van der Waals surface area (Å²) in [7, 11) is 0. The molecule has 0 fully saturated rings. The van der Waals surface area contributed by atoms with Crippen molar-refractivity contribution >= 4 is 5.69 Å². The monoisotopic (exact) mass is 286 g/mol. The minimum Gasteiger partial charge on any atom is -0.487 e. The molecule has 20 heavy (non-hydrogen) atoms. The average Bonchev–Trinajstić information content (AvgIpc) is 2.36. The second-order valence-electron chi connectivity index (χ2n) is 4.01. The van der Waals surface area contributed by atoms with Crippen molar-refractivity contribution in [1.29, 1.82) is 0 Å². The number of ether oxygens (including phenoxy) is 1. The molecule has 7 heteroatoms. The molecular formula is C13H10F4N2O. The van der Waals surface area contributed by atoms with E-state index in [0.717, 1.165) is 6.07 Å². The zero-order chi connectivity index (χ0) is 14.8. The molecule has 1 aromatic heterocycles. The Morgan fingerprint density at radius 3 is 2.55 bits per heavy atom. The molecule has 2 aromatic rings. The van der Waals surface area contributed by atoms with Gasteiger partial charge in [0, 0.05) is 11.9 Å². The van der Waals surface area contributed by atoms with Crippen LogP contribution in [0.5, 0.6) is 5.75 Å². The van der Waals surface area contributed by atoms with Gasteiger partial charge >= 0.3 is 6.18 Å². The summed E-state index contributed by atoms with van der Waals surface area (Å²) >= 11 is 0. The van der Waals surface area contributed by atoms with Gasteiger partial charge in [-0.05, 0) is 30.3 Å². The van der Waals surface area contributed by atoms with E-state index in [4.69, 9.17) is 10.5 Å². The van der Waals surface area contributed by atoms with Crippen molar-refractivity contribution in [3.63, 3.8) is 0 Å². The molecule has 0 unspecified atom stereocenters. The van der Waals surface area contributed by atoms with E-state index >= 15 is 0 Å². The van der Waals surface area contributed by atoms with Crippen LogP contribution in [-0.4, -0.2) is 4.98 Å². The molecule has 0 spiro atoms. The lowest BCUT2D eigenvalue weighted by Gasteiger charge is -2.11. The summed E-state index contributed by atoms with van der Waals surface area (Å²) in [5, 5.41) is 0. The number of nitrogens with two attached hydrogens (primary N) is 1. The second-order valence-corrected chi connectivity index (χ2v) is 4.01. The first-order chi connectivity index (χ1) is 9.36. The Bertz CT molecular complexity index is 614. The smallest absolute Gasteiger partial charge is 0.419 e. The van der Waals surface area contributed by atoms with Crippen LogP contribution in [0.15, 0.2) is 36.5 Å². The van der Waals surface area contributed by atoms with Crippen molar-refractivity contribution in [2.45, 2.75) is 12.8 Å². The first-order valence-electron chi connectivity index (χ1n) is 5.56. The molecular weight excluding hydrogens is 276 g/mol. The van der Waals surface area contributed by atoms with Crippen LogP contribution in [-0.2, 0) is 12.8 Å². The molecule has 2 rings (SSSR count). The standard InChI is InChI=1S/C13H10F4N2O/c14-12-2-1-10(6-11(12)13(15,16)17)20-7-9-5-8(18)3-4-19-9/h1-6H,7H2,(H2,18,19). The molecule has 1 aromatic carbocycles. The van der Waals surface area contributed by atoms with Crippen LogP contribution < -0.4 is 10.5 Å². The molecule has 0 saturated carbocycles.